The Balaban J connectivity index is 1.48. The zero-order chi connectivity index (χ0) is 15.4. The predicted molar refractivity (Wildman–Crippen MR) is 87.8 cm³/mol. The molecule has 0 spiro atoms. The molecule has 2 N–H and O–H groups in total. The molecule has 1 saturated carbocycles. The van der Waals surface area contributed by atoms with Crippen molar-refractivity contribution in [1.29, 1.82) is 0 Å². The van der Waals surface area contributed by atoms with Crippen LogP contribution in [0.25, 0.3) is 10.9 Å². The van der Waals surface area contributed by atoms with E-state index in [-0.39, 0.29) is 11.8 Å². The van der Waals surface area contributed by atoms with Crippen molar-refractivity contribution in [1.82, 2.24) is 10.3 Å². The van der Waals surface area contributed by atoms with Gasteiger partial charge in [-0.1, -0.05) is 18.2 Å². The van der Waals surface area contributed by atoms with Crippen LogP contribution in [0, 0.1) is 5.92 Å². The van der Waals surface area contributed by atoms with Gasteiger partial charge in [0.05, 0.1) is 6.10 Å². The van der Waals surface area contributed by atoms with Crippen molar-refractivity contribution in [3.63, 3.8) is 0 Å². The van der Waals surface area contributed by atoms with Crippen molar-refractivity contribution in [2.75, 3.05) is 13.7 Å². The average Bonchev–Trinajstić information content (AvgIpc) is 2.98. The molecule has 0 aliphatic heterocycles. The summed E-state index contributed by atoms with van der Waals surface area (Å²) in [7, 11) is 1.76. The van der Waals surface area contributed by atoms with Gasteiger partial charge in [-0.3, -0.25) is 4.79 Å². The van der Waals surface area contributed by atoms with Crippen LogP contribution in [0.1, 0.15) is 31.2 Å². The predicted octanol–water partition coefficient (Wildman–Crippen LogP) is 3.03. The molecule has 22 heavy (non-hydrogen) atoms. The normalized spacial score (nSPS) is 21.9. The van der Waals surface area contributed by atoms with Gasteiger partial charge in [-0.25, -0.2) is 0 Å². The summed E-state index contributed by atoms with van der Waals surface area (Å²) in [6.07, 6.45) is 7.13. The number of nitrogens with one attached hydrogen (secondary N) is 2. The SMILES string of the molecule is COC1CCC(C(=O)NCCc2c[nH]c3ccccc23)CC1. The zero-order valence-electron chi connectivity index (χ0n) is 13.1. The van der Waals surface area contributed by atoms with Crippen molar-refractivity contribution in [2.24, 2.45) is 5.92 Å². The van der Waals surface area contributed by atoms with Crippen LogP contribution in [0.5, 0.6) is 0 Å². The van der Waals surface area contributed by atoms with E-state index in [0.717, 1.165) is 37.6 Å². The number of carbonyl (C=O) groups is 1. The van der Waals surface area contributed by atoms with Crippen LogP contribution in [0.3, 0.4) is 0 Å². The van der Waals surface area contributed by atoms with Crippen LogP contribution in [-0.2, 0) is 16.0 Å². The van der Waals surface area contributed by atoms with Crippen molar-refractivity contribution in [3.05, 3.63) is 36.0 Å². The van der Waals surface area contributed by atoms with E-state index in [9.17, 15) is 4.79 Å². The highest BCUT2D eigenvalue weighted by molar-refractivity contribution is 5.83. The van der Waals surface area contributed by atoms with E-state index in [2.05, 4.69) is 22.4 Å². The number of aromatic amines is 1. The van der Waals surface area contributed by atoms with Crippen LogP contribution in [0.15, 0.2) is 30.5 Å². The molecule has 2 aromatic rings. The van der Waals surface area contributed by atoms with Gasteiger partial charge in [-0.15, -0.1) is 0 Å². The first kappa shape index (κ1) is 15.1. The second-order valence-corrected chi connectivity index (χ2v) is 6.11. The number of H-pyrrole nitrogens is 1. The van der Waals surface area contributed by atoms with Gasteiger partial charge in [0.25, 0.3) is 0 Å². The molecule has 1 amide bonds. The first-order valence-electron chi connectivity index (χ1n) is 8.13. The van der Waals surface area contributed by atoms with Crippen molar-refractivity contribution >= 4 is 16.8 Å². The molecule has 4 heteroatoms. The lowest BCUT2D eigenvalue weighted by atomic mass is 9.87. The Labute approximate surface area is 131 Å². The molecule has 1 aliphatic rings. The fourth-order valence-electron chi connectivity index (χ4n) is 3.36. The first-order chi connectivity index (χ1) is 10.8. The zero-order valence-corrected chi connectivity index (χ0v) is 13.1. The summed E-state index contributed by atoms with van der Waals surface area (Å²) in [5.41, 5.74) is 2.42. The highest BCUT2D eigenvalue weighted by atomic mass is 16.5. The summed E-state index contributed by atoms with van der Waals surface area (Å²) < 4.78 is 5.36. The number of methoxy groups -OCH3 is 1. The van der Waals surface area contributed by atoms with Crippen LogP contribution >= 0.6 is 0 Å². The maximum atomic E-state index is 12.2. The van der Waals surface area contributed by atoms with Crippen molar-refractivity contribution in [3.8, 4) is 0 Å². The molecule has 1 aromatic carbocycles. The number of rotatable bonds is 5. The number of benzene rings is 1. The lowest BCUT2D eigenvalue weighted by Gasteiger charge is -2.26. The van der Waals surface area contributed by atoms with Gasteiger partial charge in [0.2, 0.25) is 5.91 Å². The topological polar surface area (TPSA) is 54.1 Å². The molecule has 0 radical (unpaired) electrons. The number of hydrogen-bond donors (Lipinski definition) is 2. The highest BCUT2D eigenvalue weighted by Crippen LogP contribution is 2.26. The Morgan fingerprint density at radius 1 is 1.27 bits per heavy atom. The molecule has 118 valence electrons. The smallest absolute Gasteiger partial charge is 0.223 e. The fraction of sp³-hybridized carbons (Fsp3) is 0.500. The average molecular weight is 300 g/mol. The van der Waals surface area contributed by atoms with E-state index in [1.54, 1.807) is 7.11 Å². The fourth-order valence-corrected chi connectivity index (χ4v) is 3.36. The minimum absolute atomic E-state index is 0.161. The number of para-hydroxylation sites is 1. The Kier molecular flexibility index (Phi) is 4.78. The minimum Gasteiger partial charge on any atom is -0.381 e. The summed E-state index contributed by atoms with van der Waals surface area (Å²) in [6.45, 7) is 0.699. The Bertz CT molecular complexity index is 627. The molecule has 3 rings (SSSR count). The van der Waals surface area contributed by atoms with Gasteiger partial charge >= 0.3 is 0 Å². The summed E-state index contributed by atoms with van der Waals surface area (Å²) >= 11 is 0. The number of aromatic nitrogens is 1. The van der Waals surface area contributed by atoms with Crippen molar-refractivity contribution in [2.45, 2.75) is 38.2 Å². The standard InChI is InChI=1S/C18H24N2O2/c1-22-15-8-6-13(7-9-15)18(21)19-11-10-14-12-20-17-5-3-2-4-16(14)17/h2-5,12-13,15,20H,6-11H2,1H3,(H,19,21). The van der Waals surface area contributed by atoms with Crippen LogP contribution in [0.2, 0.25) is 0 Å². The Morgan fingerprint density at radius 2 is 2.05 bits per heavy atom. The lowest BCUT2D eigenvalue weighted by molar-refractivity contribution is -0.126. The van der Waals surface area contributed by atoms with Crippen LogP contribution in [-0.4, -0.2) is 30.6 Å². The number of amides is 1. The highest BCUT2D eigenvalue weighted by Gasteiger charge is 2.25. The van der Waals surface area contributed by atoms with Crippen LogP contribution < -0.4 is 5.32 Å². The molecule has 0 saturated heterocycles. The summed E-state index contributed by atoms with van der Waals surface area (Å²) in [4.78, 5) is 15.5. The van der Waals surface area contributed by atoms with Gasteiger partial charge < -0.3 is 15.0 Å². The summed E-state index contributed by atoms with van der Waals surface area (Å²) in [5, 5.41) is 4.34. The third kappa shape index (κ3) is 3.33. The molecule has 4 nitrogen and oxygen atoms in total. The largest absolute Gasteiger partial charge is 0.381 e. The molecule has 1 heterocycles. The second kappa shape index (κ2) is 6.97. The molecule has 0 unspecified atom stereocenters. The number of ether oxygens (including phenoxy) is 1. The van der Waals surface area contributed by atoms with E-state index in [1.165, 1.54) is 10.9 Å². The third-order valence-corrected chi connectivity index (χ3v) is 4.75. The van der Waals surface area contributed by atoms with E-state index >= 15 is 0 Å². The van der Waals surface area contributed by atoms with Gasteiger partial charge in [0.15, 0.2) is 0 Å². The Morgan fingerprint density at radius 3 is 2.82 bits per heavy atom. The number of fused-ring (bicyclic) bond motifs is 1. The molecule has 0 bridgehead atoms. The molecule has 1 aromatic heterocycles. The van der Waals surface area contributed by atoms with Gasteiger partial charge in [0, 0.05) is 36.7 Å². The molecular weight excluding hydrogens is 276 g/mol. The second-order valence-electron chi connectivity index (χ2n) is 6.11. The van der Waals surface area contributed by atoms with Gasteiger partial charge in [-0.05, 0) is 43.7 Å². The maximum absolute atomic E-state index is 12.2. The van der Waals surface area contributed by atoms with E-state index in [0.29, 0.717) is 12.6 Å². The molecule has 1 fully saturated rings. The van der Waals surface area contributed by atoms with E-state index in [4.69, 9.17) is 4.74 Å². The first-order valence-corrected chi connectivity index (χ1v) is 8.13. The number of hydrogen-bond acceptors (Lipinski definition) is 2. The third-order valence-electron chi connectivity index (χ3n) is 4.75. The van der Waals surface area contributed by atoms with Crippen molar-refractivity contribution < 1.29 is 9.53 Å². The molecule has 1 aliphatic carbocycles. The quantitative estimate of drug-likeness (QED) is 0.892. The maximum Gasteiger partial charge on any atom is 0.223 e. The lowest BCUT2D eigenvalue weighted by Crippen LogP contribution is -2.35. The minimum atomic E-state index is 0.161. The monoisotopic (exact) mass is 300 g/mol. The molecule has 0 atom stereocenters. The molecular formula is C18H24N2O2. The summed E-state index contributed by atoms with van der Waals surface area (Å²) in [6, 6.07) is 8.27. The summed E-state index contributed by atoms with van der Waals surface area (Å²) in [5.74, 6) is 0.365. The Hall–Kier alpha value is -1.81. The number of carbonyl (C=O) groups excluding carboxylic acids is 1. The van der Waals surface area contributed by atoms with Gasteiger partial charge in [0.1, 0.15) is 0 Å². The van der Waals surface area contributed by atoms with E-state index in [1.807, 2.05) is 18.3 Å². The van der Waals surface area contributed by atoms with Gasteiger partial charge in [-0.2, -0.15) is 0 Å². The van der Waals surface area contributed by atoms with E-state index < -0.39 is 0 Å². The van der Waals surface area contributed by atoms with Crippen LogP contribution in [0.4, 0.5) is 0 Å².